The molecule has 0 saturated heterocycles. The van der Waals surface area contributed by atoms with E-state index in [-0.39, 0.29) is 45.9 Å². The summed E-state index contributed by atoms with van der Waals surface area (Å²) in [7, 11) is 0. The Morgan fingerprint density at radius 2 is 0.846 bits per heavy atom. The number of rotatable bonds is 2. The Kier molecular flexibility index (Phi) is 9.83. The molecule has 15 rings (SSSR count). The average Bonchev–Trinajstić information content (AvgIpc) is 4.00. The molecule has 6 nitrogen and oxygen atoms in total. The van der Waals surface area contributed by atoms with Gasteiger partial charge < -0.3 is 19.3 Å². The minimum absolute atomic E-state index is 0.0393. The maximum Gasteiger partial charge on any atom is 0.271 e. The summed E-state index contributed by atoms with van der Waals surface area (Å²) < 4.78 is 19.9. The molecule has 0 saturated carbocycles. The zero-order valence-corrected chi connectivity index (χ0v) is 49.4. The normalized spacial score (nSPS) is 18.4. The molecule has 390 valence electrons. The molecule has 2 aliphatic carbocycles. The number of benzene rings is 5. The van der Waals surface area contributed by atoms with Gasteiger partial charge in [-0.2, -0.15) is 0 Å². The van der Waals surface area contributed by atoms with Gasteiger partial charge in [0.05, 0.1) is 22.8 Å². The molecule has 0 spiro atoms. The van der Waals surface area contributed by atoms with Gasteiger partial charge in [-0.3, -0.25) is 0 Å². The highest BCUT2D eigenvalue weighted by Crippen LogP contribution is 2.54. The van der Waals surface area contributed by atoms with Crippen molar-refractivity contribution in [2.75, 3.05) is 9.80 Å². The third-order valence-electron chi connectivity index (χ3n) is 19.1. The predicted molar refractivity (Wildman–Crippen MR) is 332 cm³/mol. The fourth-order valence-electron chi connectivity index (χ4n) is 14.3. The molecule has 10 heteroatoms. The van der Waals surface area contributed by atoms with Crippen LogP contribution in [0.25, 0.3) is 20.2 Å². The largest absolute Gasteiger partial charge is 0.440 e. The van der Waals surface area contributed by atoms with Crippen LogP contribution in [0.15, 0.2) is 109 Å². The highest BCUT2D eigenvalue weighted by atomic mass is 32.1. The number of pyridine rings is 2. The zero-order valence-electron chi connectivity index (χ0n) is 47.8. The third kappa shape index (κ3) is 6.80. The number of hydrogen-bond donors (Lipinski definition) is 0. The van der Waals surface area contributed by atoms with Crippen molar-refractivity contribution in [1.29, 1.82) is 0 Å². The fourth-order valence-corrected chi connectivity index (χ4v) is 17.0. The monoisotopic (exact) mass is 1060 g/mol. The minimum Gasteiger partial charge on any atom is -0.440 e. The third-order valence-corrected chi connectivity index (χ3v) is 21.6. The van der Waals surface area contributed by atoms with Gasteiger partial charge in [0, 0.05) is 80.3 Å². The van der Waals surface area contributed by atoms with Crippen LogP contribution >= 0.6 is 22.7 Å². The molecule has 8 heterocycles. The lowest BCUT2D eigenvalue weighted by atomic mass is 9.34. The molecule has 5 aromatic carbocycles. The molecular weight excluding hydrogens is 991 g/mol. The molecule has 0 unspecified atom stereocenters. The molecule has 0 radical (unpaired) electrons. The molecule has 0 amide bonds. The van der Waals surface area contributed by atoms with Gasteiger partial charge in [0.25, 0.3) is 13.4 Å². The molecule has 6 aliphatic rings. The van der Waals surface area contributed by atoms with Crippen LogP contribution < -0.4 is 50.7 Å². The van der Waals surface area contributed by atoms with E-state index < -0.39 is 0 Å². The lowest BCUT2D eigenvalue weighted by molar-refractivity contribution is 0.332. The first-order valence-electron chi connectivity index (χ1n) is 28.5. The van der Waals surface area contributed by atoms with Crippen molar-refractivity contribution in [3.63, 3.8) is 0 Å². The van der Waals surface area contributed by atoms with Crippen LogP contribution in [0, 0.1) is 0 Å². The first kappa shape index (κ1) is 48.8. The summed E-state index contributed by atoms with van der Waals surface area (Å²) in [5.41, 5.74) is 19.3. The lowest BCUT2D eigenvalue weighted by Gasteiger charge is -2.44. The van der Waals surface area contributed by atoms with Crippen LogP contribution in [0.1, 0.15) is 156 Å². The fraction of sp³-hybridized carbons (Fsp3) is 0.353. The summed E-state index contributed by atoms with van der Waals surface area (Å²) >= 11 is 3.83. The Morgan fingerprint density at radius 1 is 0.462 bits per heavy atom. The van der Waals surface area contributed by atoms with Crippen molar-refractivity contribution in [3.8, 4) is 23.3 Å². The first-order valence-corrected chi connectivity index (χ1v) is 30.1. The number of nitrogens with zero attached hydrogens (tertiary/aromatic N) is 4. The minimum atomic E-state index is -0.255. The van der Waals surface area contributed by atoms with Crippen molar-refractivity contribution >= 4 is 122 Å². The number of hydrogen-bond acceptors (Lipinski definition) is 8. The van der Waals surface area contributed by atoms with Crippen molar-refractivity contribution in [3.05, 3.63) is 143 Å². The van der Waals surface area contributed by atoms with E-state index in [1.165, 1.54) is 87.6 Å². The number of anilines is 6. The Labute approximate surface area is 469 Å². The highest BCUT2D eigenvalue weighted by Gasteiger charge is 2.51. The molecular formula is C68H68B2N4O2S2. The van der Waals surface area contributed by atoms with Gasteiger partial charge in [-0.1, -0.05) is 152 Å². The smallest absolute Gasteiger partial charge is 0.271 e. The molecule has 0 N–H and O–H groups in total. The Bertz CT molecular complexity index is 3870. The maximum absolute atomic E-state index is 7.35. The van der Waals surface area contributed by atoms with Gasteiger partial charge in [-0.25, -0.2) is 9.97 Å². The molecule has 4 aromatic heterocycles. The van der Waals surface area contributed by atoms with Crippen molar-refractivity contribution in [2.24, 2.45) is 0 Å². The Hall–Kier alpha value is -6.35. The first-order chi connectivity index (χ1) is 36.9. The predicted octanol–water partition coefficient (Wildman–Crippen LogP) is 15.0. The number of aromatic nitrogens is 2. The van der Waals surface area contributed by atoms with Crippen molar-refractivity contribution in [2.45, 2.75) is 155 Å². The number of fused-ring (bicyclic) bond motifs is 14. The van der Waals surface area contributed by atoms with E-state index in [2.05, 4.69) is 216 Å². The maximum atomic E-state index is 7.35. The van der Waals surface area contributed by atoms with Crippen LogP contribution in [0.4, 0.5) is 34.1 Å². The van der Waals surface area contributed by atoms with Gasteiger partial charge in [0.15, 0.2) is 0 Å². The van der Waals surface area contributed by atoms with Gasteiger partial charge in [0.1, 0.15) is 11.5 Å². The van der Waals surface area contributed by atoms with E-state index in [1.807, 2.05) is 22.7 Å². The summed E-state index contributed by atoms with van der Waals surface area (Å²) in [5, 5.41) is 2.53. The summed E-state index contributed by atoms with van der Waals surface area (Å²) in [6.45, 7) is 32.7. The van der Waals surface area contributed by atoms with Gasteiger partial charge in [0.2, 0.25) is 11.8 Å². The summed E-state index contributed by atoms with van der Waals surface area (Å²) in [6.07, 6.45) is 4.64. The van der Waals surface area contributed by atoms with Crippen molar-refractivity contribution in [1.82, 2.24) is 9.97 Å². The van der Waals surface area contributed by atoms with Crippen LogP contribution in [-0.4, -0.2) is 23.4 Å². The van der Waals surface area contributed by atoms with Gasteiger partial charge in [-0.05, 0) is 129 Å². The van der Waals surface area contributed by atoms with Crippen LogP contribution in [-0.2, 0) is 32.5 Å². The second-order valence-electron chi connectivity index (χ2n) is 28.3. The number of ether oxygens (including phenoxy) is 2. The molecule has 9 aromatic rings. The standard InChI is InChI=1S/C68H68B2N4O2S2/c1-63(2,3)53-34-47-55-61(71-53)75-49-36-50-46(33-45(49)69(55)59-57(39-19-15-17-21-51(39)77-59)73(47)37-23-25-41-43(31-37)67(11,12)29-27-65(41,7)8)70-56-48(35-54(64(4,5)6)72-62(56)76-50)74(58-40-20-16-18-22-52(40)78-60(58)70)38-24-26-42-44(32-38)68(13,14)30-28-66(42,9)10/h15-26,31-36H,27-30H2,1-14H3. The summed E-state index contributed by atoms with van der Waals surface area (Å²) in [6, 6.07) is 42.2. The highest BCUT2D eigenvalue weighted by molar-refractivity contribution is 7.34. The van der Waals surface area contributed by atoms with Gasteiger partial charge >= 0.3 is 0 Å². The quantitative estimate of drug-likeness (QED) is 0.161. The van der Waals surface area contributed by atoms with Crippen LogP contribution in [0.2, 0.25) is 0 Å². The molecule has 0 bridgehead atoms. The average molecular weight is 1060 g/mol. The van der Waals surface area contributed by atoms with E-state index in [4.69, 9.17) is 19.4 Å². The molecule has 78 heavy (non-hydrogen) atoms. The van der Waals surface area contributed by atoms with E-state index >= 15 is 0 Å². The van der Waals surface area contributed by atoms with Crippen molar-refractivity contribution < 1.29 is 9.47 Å². The SMILES string of the molecule is CC(C)(C)c1cc2c3c(n1)Oc1cc4c(cc1B3c1sc3ccccc3c1N2c1ccc2c(c1)C(C)(C)CCC2(C)C)B1c2sc3ccccc3c2N(c2ccc3c(c2)C(C)(C)CCC3(C)C)c2cc(C(C)(C)C)nc(c21)O4. The summed E-state index contributed by atoms with van der Waals surface area (Å²) in [4.78, 5) is 16.2. The second-order valence-corrected chi connectivity index (χ2v) is 30.4. The molecule has 0 atom stereocenters. The lowest BCUT2D eigenvalue weighted by Crippen LogP contribution is -2.62. The zero-order chi connectivity index (χ0) is 54.1. The topological polar surface area (TPSA) is 50.7 Å². The Morgan fingerprint density at radius 3 is 1.24 bits per heavy atom. The van der Waals surface area contributed by atoms with E-state index in [0.29, 0.717) is 11.8 Å². The molecule has 4 aliphatic heterocycles. The van der Waals surface area contributed by atoms with Gasteiger partial charge in [-0.15, -0.1) is 22.7 Å². The molecule has 0 fully saturated rings. The van der Waals surface area contributed by atoms with Crippen LogP contribution in [0.5, 0.6) is 23.3 Å². The van der Waals surface area contributed by atoms with E-state index in [9.17, 15) is 0 Å². The van der Waals surface area contributed by atoms with Crippen LogP contribution in [0.3, 0.4) is 0 Å². The van der Waals surface area contributed by atoms with E-state index in [0.717, 1.165) is 69.0 Å². The van der Waals surface area contributed by atoms with E-state index in [1.54, 1.807) is 0 Å². The Balaban J connectivity index is 0.981. The summed E-state index contributed by atoms with van der Waals surface area (Å²) in [5.74, 6) is 2.92. The second kappa shape index (κ2) is 15.7. The number of thiophene rings is 2.